The highest BCUT2D eigenvalue weighted by atomic mass is 16.2. The molecule has 0 spiro atoms. The zero-order valence-corrected chi connectivity index (χ0v) is 14.1. The molecule has 0 bridgehead atoms. The van der Waals surface area contributed by atoms with Crippen LogP contribution in [0.5, 0.6) is 0 Å². The van der Waals surface area contributed by atoms with Gasteiger partial charge in [0.05, 0.1) is 0 Å². The predicted octanol–water partition coefficient (Wildman–Crippen LogP) is 2.79. The van der Waals surface area contributed by atoms with E-state index in [1.807, 2.05) is 12.1 Å². The first kappa shape index (κ1) is 17.7. The molecule has 0 atom stereocenters. The molecule has 0 aliphatic heterocycles. The van der Waals surface area contributed by atoms with Gasteiger partial charge in [-0.05, 0) is 54.3 Å². The number of nitrogens with zero attached hydrogens (tertiary/aromatic N) is 1. The highest BCUT2D eigenvalue weighted by Crippen LogP contribution is 2.06. The van der Waals surface area contributed by atoms with E-state index >= 15 is 0 Å². The van der Waals surface area contributed by atoms with Crippen LogP contribution in [-0.2, 0) is 6.54 Å². The number of pyridine rings is 1. The van der Waals surface area contributed by atoms with Crippen molar-refractivity contribution in [1.82, 2.24) is 15.6 Å². The molecule has 1 heterocycles. The molecule has 0 aliphatic rings. The van der Waals surface area contributed by atoms with Crippen LogP contribution in [0.4, 0.5) is 0 Å². The van der Waals surface area contributed by atoms with Crippen LogP contribution < -0.4 is 10.6 Å². The molecule has 126 valence electrons. The fraction of sp³-hybridized carbons (Fsp3) is 0.316. The Labute approximate surface area is 142 Å². The average molecular weight is 325 g/mol. The fourth-order valence-corrected chi connectivity index (χ4v) is 2.13. The van der Waals surface area contributed by atoms with Crippen molar-refractivity contribution in [2.75, 3.05) is 6.54 Å². The number of benzene rings is 1. The van der Waals surface area contributed by atoms with Gasteiger partial charge in [-0.15, -0.1) is 0 Å². The summed E-state index contributed by atoms with van der Waals surface area (Å²) in [6, 6.07) is 10.4. The first-order valence-corrected chi connectivity index (χ1v) is 8.11. The van der Waals surface area contributed by atoms with Gasteiger partial charge in [-0.25, -0.2) is 0 Å². The molecule has 5 nitrogen and oxygen atoms in total. The Balaban J connectivity index is 1.86. The standard InChI is InChI=1S/C19H23N3O2/c1-14(2)7-12-21-18(23)16-3-5-17(6-4-16)19(24)22-13-15-8-10-20-11-9-15/h3-6,8-11,14H,7,12-13H2,1-2H3,(H,21,23)(H,22,24). The Hall–Kier alpha value is -2.69. The van der Waals surface area contributed by atoms with Gasteiger partial charge in [-0.1, -0.05) is 13.8 Å². The third-order valence-electron chi connectivity index (χ3n) is 3.62. The van der Waals surface area contributed by atoms with Crippen molar-refractivity contribution >= 4 is 11.8 Å². The number of hydrogen-bond donors (Lipinski definition) is 2. The molecule has 0 saturated carbocycles. The molecule has 2 rings (SSSR count). The largest absolute Gasteiger partial charge is 0.352 e. The molecular formula is C19H23N3O2. The van der Waals surface area contributed by atoms with E-state index in [1.165, 1.54) is 0 Å². The minimum absolute atomic E-state index is 0.112. The molecular weight excluding hydrogens is 302 g/mol. The van der Waals surface area contributed by atoms with Gasteiger partial charge >= 0.3 is 0 Å². The lowest BCUT2D eigenvalue weighted by molar-refractivity contribution is 0.0939. The number of aromatic nitrogens is 1. The van der Waals surface area contributed by atoms with Gasteiger partial charge in [0.15, 0.2) is 0 Å². The van der Waals surface area contributed by atoms with Gasteiger partial charge in [-0.2, -0.15) is 0 Å². The summed E-state index contributed by atoms with van der Waals surface area (Å²) in [6.07, 6.45) is 4.32. The smallest absolute Gasteiger partial charge is 0.251 e. The molecule has 0 fully saturated rings. The maximum Gasteiger partial charge on any atom is 0.251 e. The van der Waals surface area contributed by atoms with E-state index in [0.29, 0.717) is 30.1 Å². The first-order valence-electron chi connectivity index (χ1n) is 8.11. The second kappa shape index (κ2) is 8.82. The van der Waals surface area contributed by atoms with E-state index in [9.17, 15) is 9.59 Å². The summed E-state index contributed by atoms with van der Waals surface area (Å²) >= 11 is 0. The van der Waals surface area contributed by atoms with Crippen molar-refractivity contribution in [3.05, 3.63) is 65.5 Å². The van der Waals surface area contributed by atoms with Crippen molar-refractivity contribution in [1.29, 1.82) is 0 Å². The molecule has 2 aromatic rings. The Bertz CT molecular complexity index is 667. The van der Waals surface area contributed by atoms with Crippen LogP contribution in [0.15, 0.2) is 48.8 Å². The molecule has 0 saturated heterocycles. The van der Waals surface area contributed by atoms with Crippen LogP contribution in [0, 0.1) is 5.92 Å². The van der Waals surface area contributed by atoms with E-state index in [-0.39, 0.29) is 11.8 Å². The minimum Gasteiger partial charge on any atom is -0.352 e. The van der Waals surface area contributed by atoms with Gasteiger partial charge < -0.3 is 10.6 Å². The number of carbonyl (C=O) groups excluding carboxylic acids is 2. The van der Waals surface area contributed by atoms with E-state index in [1.54, 1.807) is 36.7 Å². The van der Waals surface area contributed by atoms with Crippen LogP contribution in [-0.4, -0.2) is 23.3 Å². The van der Waals surface area contributed by atoms with Crippen molar-refractivity contribution in [3.8, 4) is 0 Å². The molecule has 1 aromatic carbocycles. The molecule has 0 unspecified atom stereocenters. The number of nitrogens with one attached hydrogen (secondary N) is 2. The van der Waals surface area contributed by atoms with E-state index in [2.05, 4.69) is 29.5 Å². The molecule has 2 N–H and O–H groups in total. The van der Waals surface area contributed by atoms with Crippen molar-refractivity contribution in [2.45, 2.75) is 26.8 Å². The summed E-state index contributed by atoms with van der Waals surface area (Å²) in [6.45, 7) is 5.33. The van der Waals surface area contributed by atoms with Crippen molar-refractivity contribution < 1.29 is 9.59 Å². The van der Waals surface area contributed by atoms with Gasteiger partial charge in [0, 0.05) is 36.6 Å². The zero-order chi connectivity index (χ0) is 17.4. The highest BCUT2D eigenvalue weighted by molar-refractivity contribution is 5.97. The maximum absolute atomic E-state index is 12.1. The lowest BCUT2D eigenvalue weighted by atomic mass is 10.1. The predicted molar refractivity (Wildman–Crippen MR) is 93.6 cm³/mol. The van der Waals surface area contributed by atoms with Crippen LogP contribution >= 0.6 is 0 Å². The van der Waals surface area contributed by atoms with Crippen molar-refractivity contribution in [3.63, 3.8) is 0 Å². The fourth-order valence-electron chi connectivity index (χ4n) is 2.13. The zero-order valence-electron chi connectivity index (χ0n) is 14.1. The lowest BCUT2D eigenvalue weighted by Gasteiger charge is -2.08. The third kappa shape index (κ3) is 5.50. The number of hydrogen-bond acceptors (Lipinski definition) is 3. The van der Waals surface area contributed by atoms with E-state index < -0.39 is 0 Å². The number of amides is 2. The van der Waals surface area contributed by atoms with Gasteiger partial charge in [-0.3, -0.25) is 14.6 Å². The summed E-state index contributed by atoms with van der Waals surface area (Å²) in [5.41, 5.74) is 2.08. The molecule has 0 radical (unpaired) electrons. The number of rotatable bonds is 7. The number of carbonyl (C=O) groups is 2. The first-order chi connectivity index (χ1) is 11.6. The maximum atomic E-state index is 12.1. The Morgan fingerprint density at radius 2 is 1.46 bits per heavy atom. The second-order valence-corrected chi connectivity index (χ2v) is 6.05. The normalized spacial score (nSPS) is 10.5. The minimum atomic E-state index is -0.168. The summed E-state index contributed by atoms with van der Waals surface area (Å²) in [5.74, 6) is 0.273. The van der Waals surface area contributed by atoms with E-state index in [4.69, 9.17) is 0 Å². The summed E-state index contributed by atoms with van der Waals surface area (Å²) in [7, 11) is 0. The van der Waals surface area contributed by atoms with Crippen LogP contribution in [0.25, 0.3) is 0 Å². The molecule has 24 heavy (non-hydrogen) atoms. The van der Waals surface area contributed by atoms with Crippen LogP contribution in [0.3, 0.4) is 0 Å². The SMILES string of the molecule is CC(C)CCNC(=O)c1ccc(C(=O)NCc2ccncc2)cc1. The quantitative estimate of drug-likeness (QED) is 0.822. The third-order valence-corrected chi connectivity index (χ3v) is 3.62. The monoisotopic (exact) mass is 325 g/mol. The Morgan fingerprint density at radius 3 is 2.00 bits per heavy atom. The van der Waals surface area contributed by atoms with Crippen molar-refractivity contribution in [2.24, 2.45) is 5.92 Å². The van der Waals surface area contributed by atoms with Gasteiger partial charge in [0.25, 0.3) is 11.8 Å². The summed E-state index contributed by atoms with van der Waals surface area (Å²) in [5, 5.41) is 5.72. The van der Waals surface area contributed by atoms with Crippen LogP contribution in [0.1, 0.15) is 46.5 Å². The highest BCUT2D eigenvalue weighted by Gasteiger charge is 2.09. The summed E-state index contributed by atoms with van der Waals surface area (Å²) < 4.78 is 0. The lowest BCUT2D eigenvalue weighted by Crippen LogP contribution is -2.26. The summed E-state index contributed by atoms with van der Waals surface area (Å²) in [4.78, 5) is 28.1. The topological polar surface area (TPSA) is 71.1 Å². The molecule has 1 aromatic heterocycles. The Morgan fingerprint density at radius 1 is 0.917 bits per heavy atom. The molecule has 5 heteroatoms. The molecule has 0 aliphatic carbocycles. The van der Waals surface area contributed by atoms with Gasteiger partial charge in [0.2, 0.25) is 0 Å². The molecule has 2 amide bonds. The average Bonchev–Trinajstić information content (AvgIpc) is 2.60. The van der Waals surface area contributed by atoms with Gasteiger partial charge in [0.1, 0.15) is 0 Å². The Kier molecular flexibility index (Phi) is 6.49. The second-order valence-electron chi connectivity index (χ2n) is 6.05. The van der Waals surface area contributed by atoms with E-state index in [0.717, 1.165) is 12.0 Å². The van der Waals surface area contributed by atoms with Crippen LogP contribution in [0.2, 0.25) is 0 Å².